The highest BCUT2D eigenvalue weighted by atomic mass is 32.1. The lowest BCUT2D eigenvalue weighted by atomic mass is 10.1. The van der Waals surface area contributed by atoms with Crippen molar-refractivity contribution >= 4 is 28.8 Å². The molecule has 2 amide bonds. The molecule has 0 spiro atoms. The van der Waals surface area contributed by atoms with Gasteiger partial charge in [-0.15, -0.1) is 11.3 Å². The number of piperazine rings is 1. The number of nitrogens with zero attached hydrogens (tertiary/aromatic N) is 3. The molecule has 176 valence electrons. The van der Waals surface area contributed by atoms with Gasteiger partial charge in [-0.25, -0.2) is 4.98 Å². The van der Waals surface area contributed by atoms with Gasteiger partial charge in [0.2, 0.25) is 0 Å². The van der Waals surface area contributed by atoms with Crippen molar-refractivity contribution in [3.63, 3.8) is 0 Å². The highest BCUT2D eigenvalue weighted by Gasteiger charge is 2.23. The highest BCUT2D eigenvalue weighted by molar-refractivity contribution is 7.13. The minimum atomic E-state index is -0.170. The predicted molar refractivity (Wildman–Crippen MR) is 140 cm³/mol. The zero-order valence-electron chi connectivity index (χ0n) is 19.3. The molecule has 7 heteroatoms. The standard InChI is InChI=1S/C28H26N4O2S/c33-26(21-7-3-1-4-8-21)29-24-13-11-23(12-14-24)28(34)32-17-15-31(16-18-32)19-25-20-35-27(30-25)22-9-5-2-6-10-22/h1-14,20H,15-19H2,(H,29,33). The number of benzene rings is 3. The summed E-state index contributed by atoms with van der Waals surface area (Å²) >= 11 is 1.67. The number of carbonyl (C=O) groups excluding carboxylic acids is 2. The molecule has 6 nitrogen and oxygen atoms in total. The van der Waals surface area contributed by atoms with Gasteiger partial charge in [-0.2, -0.15) is 0 Å². The molecule has 1 N–H and O–H groups in total. The second-order valence-corrected chi connectivity index (χ2v) is 9.33. The van der Waals surface area contributed by atoms with Crippen molar-refractivity contribution in [1.82, 2.24) is 14.8 Å². The van der Waals surface area contributed by atoms with Crippen LogP contribution in [0.15, 0.2) is 90.3 Å². The van der Waals surface area contributed by atoms with Crippen LogP contribution in [0.25, 0.3) is 10.6 Å². The summed E-state index contributed by atoms with van der Waals surface area (Å²) < 4.78 is 0. The predicted octanol–water partition coefficient (Wildman–Crippen LogP) is 5.02. The molecule has 0 aliphatic carbocycles. The molecule has 1 fully saturated rings. The van der Waals surface area contributed by atoms with Crippen molar-refractivity contribution in [2.24, 2.45) is 0 Å². The Balaban J connectivity index is 1.12. The van der Waals surface area contributed by atoms with Crippen LogP contribution in [0.4, 0.5) is 5.69 Å². The second kappa shape index (κ2) is 10.6. The summed E-state index contributed by atoms with van der Waals surface area (Å²) in [5.74, 6) is -0.151. The maximum atomic E-state index is 13.0. The third-order valence-electron chi connectivity index (χ3n) is 6.04. The first-order valence-electron chi connectivity index (χ1n) is 11.6. The maximum Gasteiger partial charge on any atom is 0.255 e. The fraction of sp³-hybridized carbons (Fsp3) is 0.179. The van der Waals surface area contributed by atoms with Gasteiger partial charge < -0.3 is 10.2 Å². The Bertz CT molecular complexity index is 1280. The highest BCUT2D eigenvalue weighted by Crippen LogP contribution is 2.24. The minimum absolute atomic E-state index is 0.0191. The summed E-state index contributed by atoms with van der Waals surface area (Å²) in [6, 6.07) is 26.4. The minimum Gasteiger partial charge on any atom is -0.336 e. The number of nitrogens with one attached hydrogen (secondary N) is 1. The van der Waals surface area contributed by atoms with Crippen LogP contribution < -0.4 is 5.32 Å². The van der Waals surface area contributed by atoms with Gasteiger partial charge in [0.15, 0.2) is 0 Å². The van der Waals surface area contributed by atoms with Crippen LogP contribution in [-0.4, -0.2) is 52.8 Å². The summed E-state index contributed by atoms with van der Waals surface area (Å²) in [5, 5.41) is 6.03. The lowest BCUT2D eigenvalue weighted by Crippen LogP contribution is -2.48. The molecular formula is C28H26N4O2S. The first-order chi connectivity index (χ1) is 17.2. The van der Waals surface area contributed by atoms with Crippen molar-refractivity contribution in [3.05, 3.63) is 107 Å². The molecule has 1 saturated heterocycles. The molecule has 1 aliphatic rings. The molecule has 0 unspecified atom stereocenters. The van der Waals surface area contributed by atoms with Crippen LogP contribution >= 0.6 is 11.3 Å². The first-order valence-corrected chi connectivity index (χ1v) is 12.5. The van der Waals surface area contributed by atoms with E-state index in [-0.39, 0.29) is 11.8 Å². The Morgan fingerprint density at radius 2 is 1.46 bits per heavy atom. The second-order valence-electron chi connectivity index (χ2n) is 8.48. The summed E-state index contributed by atoms with van der Waals surface area (Å²) in [6.45, 7) is 3.79. The average Bonchev–Trinajstić information content (AvgIpc) is 3.39. The Kier molecular flexibility index (Phi) is 6.97. The Morgan fingerprint density at radius 1 is 0.800 bits per heavy atom. The third kappa shape index (κ3) is 5.65. The van der Waals surface area contributed by atoms with Gasteiger partial charge in [-0.3, -0.25) is 14.5 Å². The van der Waals surface area contributed by atoms with Crippen molar-refractivity contribution in [1.29, 1.82) is 0 Å². The number of carbonyl (C=O) groups is 2. The lowest BCUT2D eigenvalue weighted by Gasteiger charge is -2.34. The molecular weight excluding hydrogens is 456 g/mol. The molecule has 4 aromatic rings. The number of aromatic nitrogens is 1. The molecule has 1 aromatic heterocycles. The molecule has 2 heterocycles. The molecule has 35 heavy (non-hydrogen) atoms. The quantitative estimate of drug-likeness (QED) is 0.419. The van der Waals surface area contributed by atoms with E-state index >= 15 is 0 Å². The van der Waals surface area contributed by atoms with Gasteiger partial charge in [-0.05, 0) is 36.4 Å². The topological polar surface area (TPSA) is 65.5 Å². The van der Waals surface area contributed by atoms with Crippen LogP contribution in [-0.2, 0) is 6.54 Å². The Labute approximate surface area is 208 Å². The molecule has 1 aliphatic heterocycles. The smallest absolute Gasteiger partial charge is 0.255 e. The van der Waals surface area contributed by atoms with Gasteiger partial charge in [0.1, 0.15) is 5.01 Å². The Hall–Kier alpha value is -3.81. The van der Waals surface area contributed by atoms with Gasteiger partial charge in [0, 0.05) is 60.5 Å². The lowest BCUT2D eigenvalue weighted by molar-refractivity contribution is 0.0627. The van der Waals surface area contributed by atoms with Crippen LogP contribution in [0.5, 0.6) is 0 Å². The van der Waals surface area contributed by atoms with Crippen LogP contribution in [0.2, 0.25) is 0 Å². The Morgan fingerprint density at radius 3 is 2.14 bits per heavy atom. The average molecular weight is 483 g/mol. The van der Waals surface area contributed by atoms with E-state index in [1.165, 1.54) is 0 Å². The van der Waals surface area contributed by atoms with Gasteiger partial charge in [-0.1, -0.05) is 48.5 Å². The molecule has 5 rings (SSSR count). The third-order valence-corrected chi connectivity index (χ3v) is 6.98. The molecule has 3 aromatic carbocycles. The van der Waals surface area contributed by atoms with Crippen molar-refractivity contribution in [2.45, 2.75) is 6.54 Å². The van der Waals surface area contributed by atoms with E-state index < -0.39 is 0 Å². The number of amides is 2. The number of rotatable bonds is 6. The molecule has 0 atom stereocenters. The normalized spacial score (nSPS) is 14.0. The van der Waals surface area contributed by atoms with Gasteiger partial charge >= 0.3 is 0 Å². The number of hydrogen-bond acceptors (Lipinski definition) is 5. The van der Waals surface area contributed by atoms with E-state index in [2.05, 4.69) is 27.7 Å². The summed E-state index contributed by atoms with van der Waals surface area (Å²) in [5.41, 5.74) is 4.10. The first kappa shape index (κ1) is 23.0. The van der Waals surface area contributed by atoms with E-state index in [4.69, 9.17) is 4.98 Å². The molecule has 0 saturated carbocycles. The van der Waals surface area contributed by atoms with E-state index in [9.17, 15) is 9.59 Å². The van der Waals surface area contributed by atoms with Gasteiger partial charge in [0.05, 0.1) is 5.69 Å². The van der Waals surface area contributed by atoms with E-state index in [0.29, 0.717) is 29.9 Å². The monoisotopic (exact) mass is 482 g/mol. The van der Waals surface area contributed by atoms with Crippen molar-refractivity contribution < 1.29 is 9.59 Å². The maximum absolute atomic E-state index is 13.0. The van der Waals surface area contributed by atoms with E-state index in [0.717, 1.165) is 35.9 Å². The largest absolute Gasteiger partial charge is 0.336 e. The van der Waals surface area contributed by atoms with Crippen molar-refractivity contribution in [2.75, 3.05) is 31.5 Å². The summed E-state index contributed by atoms with van der Waals surface area (Å²) in [4.78, 5) is 34.3. The van der Waals surface area contributed by atoms with Crippen LogP contribution in [0.1, 0.15) is 26.4 Å². The number of thiazole rings is 1. The zero-order valence-corrected chi connectivity index (χ0v) is 20.1. The fourth-order valence-electron chi connectivity index (χ4n) is 4.10. The van der Waals surface area contributed by atoms with Gasteiger partial charge in [0.25, 0.3) is 11.8 Å². The number of anilines is 1. The SMILES string of the molecule is O=C(Nc1ccc(C(=O)N2CCN(Cc3csc(-c4ccccc4)n3)CC2)cc1)c1ccccc1. The summed E-state index contributed by atoms with van der Waals surface area (Å²) in [6.07, 6.45) is 0. The molecule has 0 bridgehead atoms. The molecule has 0 radical (unpaired) electrons. The summed E-state index contributed by atoms with van der Waals surface area (Å²) in [7, 11) is 0. The fourth-order valence-corrected chi connectivity index (χ4v) is 4.92. The van der Waals surface area contributed by atoms with E-state index in [1.807, 2.05) is 41.3 Å². The van der Waals surface area contributed by atoms with Crippen LogP contribution in [0, 0.1) is 0 Å². The van der Waals surface area contributed by atoms with E-state index in [1.54, 1.807) is 47.7 Å². The number of hydrogen-bond donors (Lipinski definition) is 1. The van der Waals surface area contributed by atoms with Crippen molar-refractivity contribution in [3.8, 4) is 10.6 Å². The zero-order chi connectivity index (χ0) is 24.0. The van der Waals surface area contributed by atoms with Crippen LogP contribution in [0.3, 0.4) is 0 Å².